The van der Waals surface area contributed by atoms with Gasteiger partial charge in [0.15, 0.2) is 0 Å². The van der Waals surface area contributed by atoms with E-state index in [1.165, 1.54) is 18.3 Å². The molecule has 1 aromatic carbocycles. The number of hydrogen-bond acceptors (Lipinski definition) is 5. The maximum absolute atomic E-state index is 12.6. The van der Waals surface area contributed by atoms with Crippen molar-refractivity contribution in [2.24, 2.45) is 0 Å². The molecule has 9 heteroatoms. The summed E-state index contributed by atoms with van der Waals surface area (Å²) in [4.78, 5) is 3.57. The van der Waals surface area contributed by atoms with E-state index >= 15 is 0 Å². The van der Waals surface area contributed by atoms with Crippen molar-refractivity contribution in [3.8, 4) is 23.8 Å². The van der Waals surface area contributed by atoms with Crippen molar-refractivity contribution >= 4 is 17.3 Å². The molecule has 0 fully saturated rings. The van der Waals surface area contributed by atoms with Gasteiger partial charge < -0.3 is 10.1 Å². The minimum absolute atomic E-state index is 0.0962. The number of aromatic nitrogens is 1. The molecule has 0 unspecified atom stereocenters. The summed E-state index contributed by atoms with van der Waals surface area (Å²) in [5.74, 6) is 0.135. The molecule has 2 aromatic rings. The average Bonchev–Trinajstić information content (AvgIpc) is 2.58. The fourth-order valence-corrected chi connectivity index (χ4v) is 1.84. The van der Waals surface area contributed by atoms with E-state index in [1.54, 1.807) is 24.3 Å². The maximum atomic E-state index is 12.6. The van der Waals surface area contributed by atoms with E-state index < -0.39 is 11.7 Å². The smallest absolute Gasteiger partial charge is 0.417 e. The first-order valence-electron chi connectivity index (χ1n) is 6.61. The number of benzene rings is 1. The molecular formula is C16H8ClF3N4O. The molecule has 0 spiro atoms. The van der Waals surface area contributed by atoms with Gasteiger partial charge in [-0.05, 0) is 30.3 Å². The van der Waals surface area contributed by atoms with Crippen molar-refractivity contribution < 1.29 is 17.9 Å². The molecule has 0 saturated heterocycles. The molecule has 0 aliphatic carbocycles. The van der Waals surface area contributed by atoms with Gasteiger partial charge in [-0.3, -0.25) is 0 Å². The fourth-order valence-electron chi connectivity index (χ4n) is 1.63. The maximum Gasteiger partial charge on any atom is 0.417 e. The molecule has 0 bridgehead atoms. The third kappa shape index (κ3) is 4.87. The Hall–Kier alpha value is -3.23. The zero-order chi connectivity index (χ0) is 18.4. The van der Waals surface area contributed by atoms with Gasteiger partial charge in [-0.25, -0.2) is 4.98 Å². The molecule has 25 heavy (non-hydrogen) atoms. The third-order valence-electron chi connectivity index (χ3n) is 2.83. The molecule has 0 radical (unpaired) electrons. The molecule has 0 aliphatic rings. The van der Waals surface area contributed by atoms with Crippen molar-refractivity contribution in [3.05, 3.63) is 58.9 Å². The van der Waals surface area contributed by atoms with Crippen LogP contribution in [0.15, 0.2) is 48.3 Å². The Balaban J connectivity index is 2.11. The molecule has 1 heterocycles. The highest BCUT2D eigenvalue weighted by Gasteiger charge is 2.31. The van der Waals surface area contributed by atoms with Crippen molar-refractivity contribution in [2.45, 2.75) is 6.18 Å². The summed E-state index contributed by atoms with van der Waals surface area (Å²) in [7, 11) is 0. The second-order valence-electron chi connectivity index (χ2n) is 4.56. The second-order valence-corrected chi connectivity index (χ2v) is 4.97. The lowest BCUT2D eigenvalue weighted by Gasteiger charge is -2.10. The third-order valence-corrected chi connectivity index (χ3v) is 3.10. The Morgan fingerprint density at radius 1 is 1.20 bits per heavy atom. The normalized spacial score (nSPS) is 10.3. The number of ether oxygens (including phenoxy) is 1. The SMILES string of the molecule is N#CC(C#N)=CNc1ccc(Oc2ncc(C(F)(F)F)cc2Cl)cc1. The largest absolute Gasteiger partial charge is 0.438 e. The molecule has 5 nitrogen and oxygen atoms in total. The molecule has 0 atom stereocenters. The average molecular weight is 365 g/mol. The van der Waals surface area contributed by atoms with Crippen LogP contribution in [0.5, 0.6) is 11.6 Å². The number of pyridine rings is 1. The summed E-state index contributed by atoms with van der Waals surface area (Å²) < 4.78 is 43.0. The van der Waals surface area contributed by atoms with Crippen molar-refractivity contribution in [1.29, 1.82) is 10.5 Å². The van der Waals surface area contributed by atoms with Crippen LogP contribution in [0.1, 0.15) is 5.56 Å². The number of nitrogens with one attached hydrogen (secondary N) is 1. The van der Waals surface area contributed by atoms with Crippen molar-refractivity contribution in [3.63, 3.8) is 0 Å². The van der Waals surface area contributed by atoms with E-state index in [4.69, 9.17) is 26.9 Å². The molecule has 0 aliphatic heterocycles. The van der Waals surface area contributed by atoms with Crippen LogP contribution >= 0.6 is 11.6 Å². The van der Waals surface area contributed by atoms with Gasteiger partial charge >= 0.3 is 6.18 Å². The van der Waals surface area contributed by atoms with Gasteiger partial charge in [-0.1, -0.05) is 11.6 Å². The zero-order valence-electron chi connectivity index (χ0n) is 12.3. The number of anilines is 1. The van der Waals surface area contributed by atoms with E-state index in [9.17, 15) is 13.2 Å². The Labute approximate surface area is 145 Å². The van der Waals surface area contributed by atoms with Crippen LogP contribution in [0.25, 0.3) is 0 Å². The monoisotopic (exact) mass is 364 g/mol. The highest BCUT2D eigenvalue weighted by molar-refractivity contribution is 6.31. The Kier molecular flexibility index (Phi) is 5.48. The topological polar surface area (TPSA) is 81.7 Å². The minimum atomic E-state index is -4.54. The molecular weight excluding hydrogens is 357 g/mol. The zero-order valence-corrected chi connectivity index (χ0v) is 13.1. The lowest BCUT2D eigenvalue weighted by Crippen LogP contribution is -2.05. The number of alkyl halides is 3. The predicted molar refractivity (Wildman–Crippen MR) is 83.7 cm³/mol. The summed E-state index contributed by atoms with van der Waals surface area (Å²) in [6.07, 6.45) is -2.67. The van der Waals surface area contributed by atoms with E-state index in [1.807, 2.05) is 0 Å². The van der Waals surface area contributed by atoms with Crippen molar-refractivity contribution in [2.75, 3.05) is 5.32 Å². The Bertz CT molecular complexity index is 864. The molecule has 0 saturated carbocycles. The van der Waals surface area contributed by atoms with Gasteiger partial charge in [0.05, 0.1) is 5.56 Å². The quantitative estimate of drug-likeness (QED) is 0.781. The van der Waals surface area contributed by atoms with Crippen LogP contribution in [-0.2, 0) is 6.18 Å². The van der Waals surface area contributed by atoms with E-state index in [0.29, 0.717) is 17.6 Å². The van der Waals surface area contributed by atoms with Gasteiger partial charge in [-0.15, -0.1) is 0 Å². The second kappa shape index (κ2) is 7.56. The van der Waals surface area contributed by atoms with E-state index in [2.05, 4.69) is 10.3 Å². The van der Waals surface area contributed by atoms with Crippen LogP contribution in [0.4, 0.5) is 18.9 Å². The van der Waals surface area contributed by atoms with Gasteiger partial charge in [0.25, 0.3) is 0 Å². The first kappa shape index (κ1) is 18.1. The highest BCUT2D eigenvalue weighted by atomic mass is 35.5. The van der Waals surface area contributed by atoms with E-state index in [-0.39, 0.29) is 16.5 Å². The Morgan fingerprint density at radius 3 is 2.36 bits per heavy atom. The number of halogens is 4. The molecule has 1 aromatic heterocycles. The van der Waals surface area contributed by atoms with Gasteiger partial charge in [0.2, 0.25) is 5.88 Å². The summed E-state index contributed by atoms with van der Waals surface area (Å²) in [6.45, 7) is 0. The lowest BCUT2D eigenvalue weighted by molar-refractivity contribution is -0.137. The molecule has 1 N–H and O–H groups in total. The van der Waals surface area contributed by atoms with Crippen LogP contribution in [0, 0.1) is 22.7 Å². The first-order chi connectivity index (χ1) is 11.8. The number of rotatable bonds is 4. The lowest BCUT2D eigenvalue weighted by atomic mass is 10.3. The van der Waals surface area contributed by atoms with Crippen LogP contribution < -0.4 is 10.1 Å². The summed E-state index contributed by atoms with van der Waals surface area (Å²) in [6, 6.07) is 10.3. The summed E-state index contributed by atoms with van der Waals surface area (Å²) in [5.41, 5.74) is -0.495. The minimum Gasteiger partial charge on any atom is -0.438 e. The number of nitriles is 2. The standard InChI is InChI=1S/C16H8ClF3N4O/c17-14-5-11(16(18,19)20)9-24-15(14)25-13-3-1-12(2-4-13)23-8-10(6-21)7-22/h1-5,8-9,23H. The van der Waals surface area contributed by atoms with Crippen LogP contribution in [-0.4, -0.2) is 4.98 Å². The Morgan fingerprint density at radius 2 is 1.84 bits per heavy atom. The molecule has 2 rings (SSSR count). The van der Waals surface area contributed by atoms with Crippen LogP contribution in [0.2, 0.25) is 5.02 Å². The summed E-state index contributed by atoms with van der Waals surface area (Å²) >= 11 is 5.76. The first-order valence-corrected chi connectivity index (χ1v) is 6.99. The van der Waals surface area contributed by atoms with Gasteiger partial charge in [0.1, 0.15) is 28.5 Å². The number of nitrogens with zero attached hydrogens (tertiary/aromatic N) is 3. The van der Waals surface area contributed by atoms with Gasteiger partial charge in [0, 0.05) is 18.1 Å². The number of allylic oxidation sites excluding steroid dienone is 1. The summed E-state index contributed by atoms with van der Waals surface area (Å²) in [5, 5.41) is 19.7. The molecule has 0 amide bonds. The number of hydrogen-bond donors (Lipinski definition) is 1. The fraction of sp³-hybridized carbons (Fsp3) is 0.0625. The highest BCUT2D eigenvalue weighted by Crippen LogP contribution is 2.34. The van der Waals surface area contributed by atoms with E-state index in [0.717, 1.165) is 6.07 Å². The van der Waals surface area contributed by atoms with Gasteiger partial charge in [-0.2, -0.15) is 23.7 Å². The van der Waals surface area contributed by atoms with Crippen LogP contribution in [0.3, 0.4) is 0 Å². The predicted octanol–water partition coefficient (Wildman–Crippen LogP) is 4.89. The van der Waals surface area contributed by atoms with Crippen molar-refractivity contribution in [1.82, 2.24) is 4.98 Å². The molecule has 126 valence electrons.